The van der Waals surface area contributed by atoms with Gasteiger partial charge >= 0.3 is 11.5 Å². The Morgan fingerprint density at radius 3 is 1.68 bits per heavy atom. The molecule has 0 unspecified atom stereocenters. The summed E-state index contributed by atoms with van der Waals surface area (Å²) in [6.45, 7) is 1.05. The number of rotatable bonds is 8. The lowest BCUT2D eigenvalue weighted by Crippen LogP contribution is -2.15. The summed E-state index contributed by atoms with van der Waals surface area (Å²) in [6, 6.07) is 14.8. The van der Waals surface area contributed by atoms with E-state index in [1.807, 2.05) is 36.4 Å². The second-order valence-electron chi connectivity index (χ2n) is 6.51. The molecule has 3 aromatic heterocycles. The molecule has 0 spiro atoms. The third-order valence-electron chi connectivity index (χ3n) is 4.62. The summed E-state index contributed by atoms with van der Waals surface area (Å²) in [5.74, 6) is 0.660. The summed E-state index contributed by atoms with van der Waals surface area (Å²) in [5.41, 5.74) is 2.78. The van der Waals surface area contributed by atoms with E-state index >= 15 is 0 Å². The fraction of sp³-hybridized carbons (Fsp3) is 0.200. The fourth-order valence-corrected chi connectivity index (χ4v) is 6.22. The molecule has 0 aliphatic rings. The lowest BCUT2D eigenvalue weighted by molar-refractivity contribution is 0.514. The molecule has 11 heteroatoms. The van der Waals surface area contributed by atoms with Crippen molar-refractivity contribution in [2.45, 2.75) is 21.8 Å². The largest absolute Gasteiger partial charge is 0.419 e. The van der Waals surface area contributed by atoms with Gasteiger partial charge < -0.3 is 8.83 Å². The van der Waals surface area contributed by atoms with Crippen molar-refractivity contribution in [3.63, 3.8) is 0 Å². The van der Waals surface area contributed by atoms with Gasteiger partial charge in [-0.2, -0.15) is 0 Å². The molecule has 0 amide bonds. The molecule has 3 heterocycles. The normalized spacial score (nSPS) is 11.6. The topological polar surface area (TPSA) is 96.1 Å². The standard InChI is InChI=1S/C20H16N4O4S3/c25-19-23(13-5-1-3-7-15(13)27-19)9-11-29-17-21-22-18(31-17)30-12-10-24-14-6-2-4-8-16(14)28-20(24)26/h1-8H,9-12H2. The summed E-state index contributed by atoms with van der Waals surface area (Å²) >= 11 is 4.61. The average Bonchev–Trinajstić information content (AvgIpc) is 3.44. The molecule has 2 aromatic carbocycles. The van der Waals surface area contributed by atoms with Crippen LogP contribution in [-0.4, -0.2) is 30.8 Å². The molecule has 5 rings (SSSR count). The Bertz CT molecular complexity index is 1350. The van der Waals surface area contributed by atoms with Gasteiger partial charge in [-0.05, 0) is 24.3 Å². The Morgan fingerprint density at radius 1 is 0.742 bits per heavy atom. The molecular formula is C20H16N4O4S3. The third kappa shape index (κ3) is 4.21. The number of nitrogens with zero attached hydrogens (tertiary/aromatic N) is 4. The van der Waals surface area contributed by atoms with Gasteiger partial charge in [-0.1, -0.05) is 59.1 Å². The minimum absolute atomic E-state index is 0.350. The maximum Gasteiger partial charge on any atom is 0.419 e. The number of para-hydroxylation sites is 4. The maximum absolute atomic E-state index is 12.0. The van der Waals surface area contributed by atoms with E-state index in [2.05, 4.69) is 10.2 Å². The number of thioether (sulfide) groups is 2. The maximum atomic E-state index is 12.0. The Kier molecular flexibility index (Phi) is 5.70. The molecule has 0 saturated heterocycles. The molecule has 0 aliphatic heterocycles. The molecular weight excluding hydrogens is 456 g/mol. The molecule has 8 nitrogen and oxygen atoms in total. The highest BCUT2D eigenvalue weighted by molar-refractivity contribution is 8.03. The minimum Gasteiger partial charge on any atom is -0.408 e. The highest BCUT2D eigenvalue weighted by atomic mass is 32.2. The minimum atomic E-state index is -0.350. The number of hydrogen-bond acceptors (Lipinski definition) is 9. The van der Waals surface area contributed by atoms with E-state index < -0.39 is 0 Å². The molecule has 158 valence electrons. The van der Waals surface area contributed by atoms with Crippen molar-refractivity contribution in [3.05, 3.63) is 69.6 Å². The first-order chi connectivity index (χ1) is 15.2. The number of fused-ring (bicyclic) bond motifs is 2. The van der Waals surface area contributed by atoms with Crippen LogP contribution < -0.4 is 11.5 Å². The lowest BCUT2D eigenvalue weighted by atomic mass is 10.3. The van der Waals surface area contributed by atoms with Crippen molar-refractivity contribution in [2.75, 3.05) is 11.5 Å². The Hall–Kier alpha value is -2.76. The van der Waals surface area contributed by atoms with Crippen LogP contribution in [0, 0.1) is 0 Å². The molecule has 0 radical (unpaired) electrons. The summed E-state index contributed by atoms with van der Waals surface area (Å²) in [5, 5.41) is 8.43. The van der Waals surface area contributed by atoms with Gasteiger partial charge in [-0.25, -0.2) is 9.59 Å². The van der Waals surface area contributed by atoms with Crippen LogP contribution >= 0.6 is 34.9 Å². The first-order valence-electron chi connectivity index (χ1n) is 9.45. The van der Waals surface area contributed by atoms with Gasteiger partial charge in [0, 0.05) is 24.6 Å². The highest BCUT2D eigenvalue weighted by Crippen LogP contribution is 2.29. The quantitative estimate of drug-likeness (QED) is 0.313. The van der Waals surface area contributed by atoms with E-state index in [9.17, 15) is 9.59 Å². The van der Waals surface area contributed by atoms with Gasteiger partial charge in [0.15, 0.2) is 19.8 Å². The first-order valence-corrected chi connectivity index (χ1v) is 12.2. The first kappa shape index (κ1) is 20.2. The lowest BCUT2D eigenvalue weighted by Gasteiger charge is -2.00. The van der Waals surface area contributed by atoms with Gasteiger partial charge in [0.05, 0.1) is 11.0 Å². The van der Waals surface area contributed by atoms with E-state index in [1.54, 1.807) is 44.8 Å². The van der Waals surface area contributed by atoms with Crippen LogP contribution in [-0.2, 0) is 13.1 Å². The van der Waals surface area contributed by atoms with Gasteiger partial charge in [-0.15, -0.1) is 10.2 Å². The van der Waals surface area contributed by atoms with Gasteiger partial charge in [0.2, 0.25) is 0 Å². The van der Waals surface area contributed by atoms with Gasteiger partial charge in [0.25, 0.3) is 0 Å². The van der Waals surface area contributed by atoms with Crippen molar-refractivity contribution < 1.29 is 8.83 Å². The van der Waals surface area contributed by atoms with Crippen LogP contribution in [0.4, 0.5) is 0 Å². The predicted molar refractivity (Wildman–Crippen MR) is 122 cm³/mol. The van der Waals surface area contributed by atoms with Crippen molar-refractivity contribution in [1.82, 2.24) is 19.3 Å². The zero-order valence-corrected chi connectivity index (χ0v) is 18.5. The van der Waals surface area contributed by atoms with E-state index in [1.165, 1.54) is 11.3 Å². The van der Waals surface area contributed by atoms with E-state index in [0.717, 1.165) is 19.7 Å². The SMILES string of the molecule is O=c1oc2ccccc2n1CCSc1nnc(SCCn2c(=O)oc3ccccc32)s1. The highest BCUT2D eigenvalue weighted by Gasteiger charge is 2.11. The number of aromatic nitrogens is 4. The Balaban J connectivity index is 1.16. The van der Waals surface area contributed by atoms with Gasteiger partial charge in [0.1, 0.15) is 0 Å². The summed E-state index contributed by atoms with van der Waals surface area (Å²) in [6.07, 6.45) is 0. The number of aryl methyl sites for hydroxylation is 2. The van der Waals surface area contributed by atoms with Crippen LogP contribution in [0.1, 0.15) is 0 Å². The number of benzene rings is 2. The summed E-state index contributed by atoms with van der Waals surface area (Å²) in [4.78, 5) is 24.1. The third-order valence-corrected chi connectivity index (χ3v) is 7.77. The fourth-order valence-electron chi connectivity index (χ4n) is 3.21. The molecule has 0 atom stereocenters. The second-order valence-corrected chi connectivity index (χ2v) is 10.2. The van der Waals surface area contributed by atoms with Crippen LogP contribution in [0.5, 0.6) is 0 Å². The monoisotopic (exact) mass is 472 g/mol. The Morgan fingerprint density at radius 2 is 1.19 bits per heavy atom. The second kappa shape index (κ2) is 8.77. The van der Waals surface area contributed by atoms with E-state index in [-0.39, 0.29) is 11.5 Å². The van der Waals surface area contributed by atoms with E-state index in [0.29, 0.717) is 35.8 Å². The molecule has 0 N–H and O–H groups in total. The molecule has 0 aliphatic carbocycles. The number of oxazole rings is 2. The van der Waals surface area contributed by atoms with Crippen molar-refractivity contribution in [1.29, 1.82) is 0 Å². The zero-order chi connectivity index (χ0) is 21.2. The van der Waals surface area contributed by atoms with Crippen LogP contribution in [0.3, 0.4) is 0 Å². The Labute approximate surface area is 187 Å². The van der Waals surface area contributed by atoms with Crippen LogP contribution in [0.15, 0.2) is 75.6 Å². The van der Waals surface area contributed by atoms with Crippen molar-refractivity contribution in [2.24, 2.45) is 0 Å². The average molecular weight is 473 g/mol. The molecule has 0 fully saturated rings. The van der Waals surface area contributed by atoms with Crippen LogP contribution in [0.25, 0.3) is 22.2 Å². The van der Waals surface area contributed by atoms with Crippen molar-refractivity contribution >= 4 is 57.1 Å². The van der Waals surface area contributed by atoms with Gasteiger partial charge in [-0.3, -0.25) is 9.13 Å². The summed E-state index contributed by atoms with van der Waals surface area (Å²) < 4.78 is 15.5. The molecule has 31 heavy (non-hydrogen) atoms. The van der Waals surface area contributed by atoms with Crippen LogP contribution in [0.2, 0.25) is 0 Å². The zero-order valence-electron chi connectivity index (χ0n) is 16.1. The van der Waals surface area contributed by atoms with Crippen molar-refractivity contribution in [3.8, 4) is 0 Å². The predicted octanol–water partition coefficient (Wildman–Crippen LogP) is 3.94. The molecule has 5 aromatic rings. The summed E-state index contributed by atoms with van der Waals surface area (Å²) in [7, 11) is 0. The molecule has 0 bridgehead atoms. The smallest absolute Gasteiger partial charge is 0.408 e. The molecule has 0 saturated carbocycles. The number of hydrogen-bond donors (Lipinski definition) is 0. The van der Waals surface area contributed by atoms with E-state index in [4.69, 9.17) is 8.83 Å².